The molecule has 0 aliphatic heterocycles. The lowest BCUT2D eigenvalue weighted by Gasteiger charge is -2.11. The number of alkyl halides is 3. The van der Waals surface area contributed by atoms with Crippen LogP contribution in [0, 0.1) is 0 Å². The van der Waals surface area contributed by atoms with Gasteiger partial charge >= 0.3 is 6.18 Å². The third-order valence-corrected chi connectivity index (χ3v) is 4.05. The number of carbonyl (C=O) groups is 1. The van der Waals surface area contributed by atoms with Gasteiger partial charge in [-0.15, -0.1) is 0 Å². The number of hydrogen-bond donors (Lipinski definition) is 1. The quantitative estimate of drug-likeness (QED) is 0.698. The highest BCUT2D eigenvalue weighted by Gasteiger charge is 2.32. The van der Waals surface area contributed by atoms with Crippen molar-refractivity contribution in [2.45, 2.75) is 6.18 Å². The molecule has 0 bridgehead atoms. The zero-order valence-electron chi connectivity index (χ0n) is 12.3. The van der Waals surface area contributed by atoms with Crippen LogP contribution in [-0.2, 0) is 6.18 Å². The van der Waals surface area contributed by atoms with Gasteiger partial charge in [0.2, 0.25) is 0 Å². The number of fused-ring (bicyclic) bond motifs is 1. The van der Waals surface area contributed by atoms with Gasteiger partial charge in [-0.05, 0) is 30.3 Å². The molecular formula is C16H9BrF3N3O2. The molecule has 25 heavy (non-hydrogen) atoms. The zero-order valence-corrected chi connectivity index (χ0v) is 13.9. The van der Waals surface area contributed by atoms with Gasteiger partial charge in [-0.2, -0.15) is 13.2 Å². The lowest BCUT2D eigenvalue weighted by atomic mass is 10.2. The summed E-state index contributed by atoms with van der Waals surface area (Å²) < 4.78 is 39.2. The van der Waals surface area contributed by atoms with Crippen LogP contribution in [0.25, 0.3) is 5.65 Å². The Morgan fingerprint density at radius 2 is 1.96 bits per heavy atom. The van der Waals surface area contributed by atoms with E-state index in [2.05, 4.69) is 26.2 Å². The summed E-state index contributed by atoms with van der Waals surface area (Å²) in [6.45, 7) is 0. The molecule has 1 aromatic carbocycles. The van der Waals surface area contributed by atoms with E-state index in [1.54, 1.807) is 18.2 Å². The first-order chi connectivity index (χ1) is 11.8. The first kappa shape index (κ1) is 17.2. The fraction of sp³-hybridized carbons (Fsp3) is 0.0625. The van der Waals surface area contributed by atoms with Crippen molar-refractivity contribution in [3.63, 3.8) is 0 Å². The number of carbonyl (C=O) groups excluding carboxylic acids is 1. The van der Waals surface area contributed by atoms with Crippen molar-refractivity contribution in [3.8, 4) is 0 Å². The van der Waals surface area contributed by atoms with Gasteiger partial charge in [0.1, 0.15) is 11.2 Å². The Bertz CT molecular complexity index is 1030. The third kappa shape index (κ3) is 3.41. The van der Waals surface area contributed by atoms with E-state index in [0.29, 0.717) is 5.65 Å². The van der Waals surface area contributed by atoms with E-state index < -0.39 is 23.2 Å². The van der Waals surface area contributed by atoms with E-state index in [1.165, 1.54) is 10.6 Å². The molecule has 0 unspecified atom stereocenters. The summed E-state index contributed by atoms with van der Waals surface area (Å²) in [7, 11) is 0. The Labute approximate surface area is 147 Å². The van der Waals surface area contributed by atoms with Gasteiger partial charge < -0.3 is 5.32 Å². The minimum Gasteiger partial charge on any atom is -0.322 e. The molecule has 0 radical (unpaired) electrons. The first-order valence-corrected chi connectivity index (χ1v) is 7.71. The molecule has 0 spiro atoms. The zero-order chi connectivity index (χ0) is 18.2. The SMILES string of the molecule is O=C(Nc1ccc(C(F)(F)F)c(Br)c1)c1cnc2ccccn2c1=O. The van der Waals surface area contributed by atoms with Crippen LogP contribution in [-0.4, -0.2) is 15.3 Å². The molecule has 9 heteroatoms. The van der Waals surface area contributed by atoms with Gasteiger partial charge in [-0.1, -0.05) is 22.0 Å². The van der Waals surface area contributed by atoms with Crippen LogP contribution in [0.15, 0.2) is 58.1 Å². The molecule has 0 saturated heterocycles. The van der Waals surface area contributed by atoms with Crippen LogP contribution in [0.5, 0.6) is 0 Å². The smallest absolute Gasteiger partial charge is 0.322 e. The second-order valence-electron chi connectivity index (χ2n) is 5.05. The maximum absolute atomic E-state index is 12.7. The topological polar surface area (TPSA) is 63.5 Å². The highest BCUT2D eigenvalue weighted by atomic mass is 79.9. The van der Waals surface area contributed by atoms with E-state index in [4.69, 9.17) is 0 Å². The molecule has 1 N–H and O–H groups in total. The number of pyridine rings is 1. The predicted octanol–water partition coefficient (Wildman–Crippen LogP) is 3.73. The van der Waals surface area contributed by atoms with Crippen molar-refractivity contribution >= 4 is 33.2 Å². The molecular weight excluding hydrogens is 403 g/mol. The van der Waals surface area contributed by atoms with Crippen LogP contribution in [0.4, 0.5) is 18.9 Å². The van der Waals surface area contributed by atoms with Crippen molar-refractivity contribution < 1.29 is 18.0 Å². The number of amides is 1. The van der Waals surface area contributed by atoms with E-state index in [9.17, 15) is 22.8 Å². The van der Waals surface area contributed by atoms with E-state index in [-0.39, 0.29) is 15.7 Å². The lowest BCUT2D eigenvalue weighted by molar-refractivity contribution is -0.138. The second-order valence-corrected chi connectivity index (χ2v) is 5.91. The number of halogens is 4. The van der Waals surface area contributed by atoms with Crippen LogP contribution < -0.4 is 10.9 Å². The molecule has 3 rings (SSSR count). The van der Waals surface area contributed by atoms with Crippen molar-refractivity contribution in [1.29, 1.82) is 0 Å². The van der Waals surface area contributed by atoms with E-state index >= 15 is 0 Å². The predicted molar refractivity (Wildman–Crippen MR) is 88.6 cm³/mol. The molecule has 128 valence electrons. The molecule has 2 heterocycles. The van der Waals surface area contributed by atoms with Gasteiger partial charge in [-0.3, -0.25) is 14.0 Å². The summed E-state index contributed by atoms with van der Waals surface area (Å²) in [5.41, 5.74) is -1.17. The maximum atomic E-state index is 12.7. The fourth-order valence-corrected chi connectivity index (χ4v) is 2.81. The summed E-state index contributed by atoms with van der Waals surface area (Å²) in [6.07, 6.45) is -1.91. The molecule has 3 aromatic rings. The van der Waals surface area contributed by atoms with E-state index in [0.717, 1.165) is 24.4 Å². The van der Waals surface area contributed by atoms with Gasteiger partial charge in [0.25, 0.3) is 11.5 Å². The van der Waals surface area contributed by atoms with Gasteiger partial charge in [0.05, 0.1) is 5.56 Å². The largest absolute Gasteiger partial charge is 0.417 e. The second kappa shape index (κ2) is 6.32. The van der Waals surface area contributed by atoms with Crippen LogP contribution in [0.3, 0.4) is 0 Å². The standard InChI is InChI=1S/C16H9BrF3N3O2/c17-12-7-9(4-5-11(12)16(18,19)20)22-14(24)10-8-21-13-3-1-2-6-23(13)15(10)25/h1-8H,(H,22,24). The molecule has 0 aliphatic carbocycles. The van der Waals surface area contributed by atoms with Crippen LogP contribution in [0.1, 0.15) is 15.9 Å². The summed E-state index contributed by atoms with van der Waals surface area (Å²) in [6, 6.07) is 7.98. The van der Waals surface area contributed by atoms with Crippen molar-refractivity contribution in [2.75, 3.05) is 5.32 Å². The van der Waals surface area contributed by atoms with Gasteiger partial charge in [0, 0.05) is 22.6 Å². The molecule has 0 saturated carbocycles. The third-order valence-electron chi connectivity index (χ3n) is 3.39. The molecule has 0 fully saturated rings. The fourth-order valence-electron chi connectivity index (χ4n) is 2.20. The summed E-state index contributed by atoms with van der Waals surface area (Å²) in [5.74, 6) is -0.762. The van der Waals surface area contributed by atoms with Crippen molar-refractivity contribution in [1.82, 2.24) is 9.38 Å². The van der Waals surface area contributed by atoms with Crippen LogP contribution >= 0.6 is 15.9 Å². The molecule has 0 atom stereocenters. The Morgan fingerprint density at radius 1 is 1.20 bits per heavy atom. The maximum Gasteiger partial charge on any atom is 0.417 e. The minimum atomic E-state index is -4.51. The average molecular weight is 412 g/mol. The van der Waals surface area contributed by atoms with Crippen molar-refractivity contribution in [2.24, 2.45) is 0 Å². The number of rotatable bonds is 2. The highest BCUT2D eigenvalue weighted by Crippen LogP contribution is 2.36. The number of nitrogens with zero attached hydrogens (tertiary/aromatic N) is 2. The summed E-state index contributed by atoms with van der Waals surface area (Å²) >= 11 is 2.83. The molecule has 1 amide bonds. The average Bonchev–Trinajstić information content (AvgIpc) is 2.54. The number of anilines is 1. The number of hydrogen-bond acceptors (Lipinski definition) is 3. The number of benzene rings is 1. The number of aromatic nitrogens is 2. The van der Waals surface area contributed by atoms with Crippen LogP contribution in [0.2, 0.25) is 0 Å². The summed E-state index contributed by atoms with van der Waals surface area (Å²) in [5, 5.41) is 2.39. The molecule has 0 aliphatic rings. The van der Waals surface area contributed by atoms with E-state index in [1.807, 2.05) is 0 Å². The summed E-state index contributed by atoms with van der Waals surface area (Å²) in [4.78, 5) is 28.6. The molecule has 2 aromatic heterocycles. The number of nitrogens with one attached hydrogen (secondary N) is 1. The Balaban J connectivity index is 1.92. The first-order valence-electron chi connectivity index (χ1n) is 6.92. The molecule has 5 nitrogen and oxygen atoms in total. The lowest BCUT2D eigenvalue weighted by Crippen LogP contribution is -2.26. The normalized spacial score (nSPS) is 11.5. The van der Waals surface area contributed by atoms with Gasteiger partial charge in [0.15, 0.2) is 0 Å². The Kier molecular flexibility index (Phi) is 4.34. The Morgan fingerprint density at radius 3 is 2.64 bits per heavy atom. The Hall–Kier alpha value is -2.68. The van der Waals surface area contributed by atoms with Gasteiger partial charge in [-0.25, -0.2) is 4.98 Å². The van der Waals surface area contributed by atoms with Crippen molar-refractivity contribution in [3.05, 3.63) is 74.7 Å². The minimum absolute atomic E-state index is 0.113. The monoisotopic (exact) mass is 411 g/mol. The highest BCUT2D eigenvalue weighted by molar-refractivity contribution is 9.10.